The van der Waals surface area contributed by atoms with Crippen LogP contribution in [0, 0.1) is 23.7 Å². The minimum absolute atomic E-state index is 0.0467. The summed E-state index contributed by atoms with van der Waals surface area (Å²) in [5.74, 6) is 4.92. The van der Waals surface area contributed by atoms with Gasteiger partial charge in [-0.2, -0.15) is 0 Å². The second kappa shape index (κ2) is 15.5. The van der Waals surface area contributed by atoms with E-state index in [9.17, 15) is 0 Å². The quantitative estimate of drug-likeness (QED) is 0.173. The first-order chi connectivity index (χ1) is 37.1. The number of hydrogen-bond donors (Lipinski definition) is 0. The Balaban J connectivity index is 0.797. The van der Waals surface area contributed by atoms with Gasteiger partial charge >= 0.3 is 0 Å². The topological polar surface area (TPSA) is 38.7 Å². The molecule has 1 heterocycles. The SMILES string of the molecule is c1ccc(-c2nc(-c3ccc(-c4ccc5c(c4)-c4cccc6cccc-5c46)cc3)nc(-c3cccc(-c4ccc5c(c4)C4(c6ccccc6C56c5ccccc5-c5ccccc56)C5CC6CC(C5)CC4C6)c3)n2)cc1. The van der Waals surface area contributed by atoms with Crippen LogP contribution in [-0.2, 0) is 10.8 Å². The number of aromatic nitrogens is 3. The van der Waals surface area contributed by atoms with Crippen molar-refractivity contribution in [2.75, 3.05) is 0 Å². The molecule has 11 aromatic rings. The van der Waals surface area contributed by atoms with Gasteiger partial charge in [-0.1, -0.05) is 206 Å². The molecule has 4 saturated carbocycles. The molecule has 0 saturated heterocycles. The molecule has 0 aliphatic heterocycles. The summed E-state index contributed by atoms with van der Waals surface area (Å²) in [7, 11) is 0. The molecular weight excluding hydrogens is 907 g/mol. The summed E-state index contributed by atoms with van der Waals surface area (Å²) >= 11 is 0. The van der Waals surface area contributed by atoms with Crippen molar-refractivity contribution >= 4 is 10.8 Å². The molecular formula is C72H51N3. The molecule has 4 bridgehead atoms. The third kappa shape index (κ3) is 5.73. The van der Waals surface area contributed by atoms with E-state index < -0.39 is 5.41 Å². The first-order valence-electron chi connectivity index (χ1n) is 27.3. The van der Waals surface area contributed by atoms with Crippen molar-refractivity contribution in [2.24, 2.45) is 23.7 Å². The summed E-state index contributed by atoms with van der Waals surface area (Å²) in [6, 6.07) is 84.2. The molecule has 0 amide bonds. The third-order valence-electron chi connectivity index (χ3n) is 19.1. The average molecular weight is 958 g/mol. The number of benzene rings is 10. The summed E-state index contributed by atoms with van der Waals surface area (Å²) in [5, 5.41) is 2.64. The fourth-order valence-corrected chi connectivity index (χ4v) is 16.4. The van der Waals surface area contributed by atoms with Crippen LogP contribution < -0.4 is 0 Å². The summed E-state index contributed by atoms with van der Waals surface area (Å²) in [4.78, 5) is 15.7. The van der Waals surface area contributed by atoms with Crippen LogP contribution in [0.15, 0.2) is 224 Å². The van der Waals surface area contributed by atoms with E-state index in [0.717, 1.165) is 34.1 Å². The molecule has 75 heavy (non-hydrogen) atoms. The van der Waals surface area contributed by atoms with Gasteiger partial charge < -0.3 is 0 Å². The minimum atomic E-state index is -0.407. The van der Waals surface area contributed by atoms with Crippen molar-refractivity contribution in [3.05, 3.63) is 258 Å². The summed E-state index contributed by atoms with van der Waals surface area (Å²) < 4.78 is 0. The molecule has 3 heteroatoms. The van der Waals surface area contributed by atoms with E-state index in [4.69, 9.17) is 15.0 Å². The Labute approximate surface area is 437 Å². The Morgan fingerprint density at radius 2 is 0.747 bits per heavy atom. The maximum atomic E-state index is 5.31. The molecule has 0 radical (unpaired) electrons. The van der Waals surface area contributed by atoms with E-state index in [2.05, 4.69) is 218 Å². The van der Waals surface area contributed by atoms with Gasteiger partial charge in [0, 0.05) is 22.1 Å². The van der Waals surface area contributed by atoms with Gasteiger partial charge in [0.05, 0.1) is 5.41 Å². The first kappa shape index (κ1) is 41.9. The molecule has 0 N–H and O–H groups in total. The minimum Gasteiger partial charge on any atom is -0.208 e. The summed E-state index contributed by atoms with van der Waals surface area (Å²) in [6.45, 7) is 0. The molecule has 10 aromatic carbocycles. The second-order valence-corrected chi connectivity index (χ2v) is 22.6. The van der Waals surface area contributed by atoms with Gasteiger partial charge in [-0.25, -0.2) is 15.0 Å². The lowest BCUT2D eigenvalue weighted by Gasteiger charge is -2.65. The smallest absolute Gasteiger partial charge is 0.164 e. The van der Waals surface area contributed by atoms with Crippen molar-refractivity contribution in [1.82, 2.24) is 15.0 Å². The molecule has 7 aliphatic carbocycles. The molecule has 0 atom stereocenters. The molecule has 4 fully saturated rings. The molecule has 0 unspecified atom stereocenters. The van der Waals surface area contributed by atoms with Crippen molar-refractivity contribution in [3.63, 3.8) is 0 Å². The van der Waals surface area contributed by atoms with Crippen molar-refractivity contribution in [1.29, 1.82) is 0 Å². The summed E-state index contributed by atoms with van der Waals surface area (Å²) in [6.07, 6.45) is 6.74. The monoisotopic (exact) mass is 957 g/mol. The number of fused-ring (bicyclic) bond motifs is 12. The summed E-state index contributed by atoms with van der Waals surface area (Å²) in [5.41, 5.74) is 24.1. The van der Waals surface area contributed by atoms with Crippen LogP contribution >= 0.6 is 0 Å². The van der Waals surface area contributed by atoms with Crippen LogP contribution in [0.25, 0.3) is 101 Å². The predicted octanol–water partition coefficient (Wildman–Crippen LogP) is 17.4. The highest BCUT2D eigenvalue weighted by Gasteiger charge is 2.64. The Bertz CT molecular complexity index is 4130. The Kier molecular flexibility index (Phi) is 8.66. The Morgan fingerprint density at radius 3 is 1.44 bits per heavy atom. The van der Waals surface area contributed by atoms with Crippen LogP contribution in [0.1, 0.15) is 65.5 Å². The lowest BCUT2D eigenvalue weighted by molar-refractivity contribution is -0.0440. The van der Waals surface area contributed by atoms with E-state index in [1.807, 2.05) is 6.07 Å². The fraction of sp³-hybridized carbons (Fsp3) is 0.153. The number of hydrogen-bond acceptors (Lipinski definition) is 3. The number of rotatable bonds is 5. The maximum Gasteiger partial charge on any atom is 0.164 e. The zero-order valence-corrected chi connectivity index (χ0v) is 41.5. The lowest BCUT2D eigenvalue weighted by Crippen LogP contribution is -2.59. The maximum absolute atomic E-state index is 5.31. The van der Waals surface area contributed by atoms with Gasteiger partial charge in [-0.3, -0.25) is 0 Å². The zero-order chi connectivity index (χ0) is 49.0. The van der Waals surface area contributed by atoms with Crippen LogP contribution in [0.4, 0.5) is 0 Å². The molecule has 18 rings (SSSR count). The van der Waals surface area contributed by atoms with Crippen LogP contribution in [0.2, 0.25) is 0 Å². The first-order valence-corrected chi connectivity index (χ1v) is 27.3. The Morgan fingerprint density at radius 1 is 0.280 bits per heavy atom. The standard InChI is InChI=1S/C72H51N3/c1-2-13-47(14-3-1)68-73-69(48-29-27-45(28-30-48)50-31-33-55-58-21-11-15-46-16-12-22-59(67(46)58)60(55)41-50)75-70(74-68)52-18-10-17-49(40-52)51-32-34-65-66(42-51)71(53-36-43-35-44(38-53)39-54(71)37-43)63-25-8-9-26-64(63)72(65)61-23-6-4-19-56(61)57-20-5-7-24-62(57)72/h1-34,40-44,53-54H,35-39H2. The molecule has 1 aromatic heterocycles. The largest absolute Gasteiger partial charge is 0.208 e. The molecule has 354 valence electrons. The molecule has 7 aliphatic rings. The van der Waals surface area contributed by atoms with Gasteiger partial charge in [-0.05, 0) is 174 Å². The highest BCUT2D eigenvalue weighted by molar-refractivity contribution is 6.15. The van der Waals surface area contributed by atoms with Crippen molar-refractivity contribution < 1.29 is 0 Å². The highest BCUT2D eigenvalue weighted by Crippen LogP contribution is 2.71. The average Bonchev–Trinajstić information content (AvgIpc) is 3.97. The lowest BCUT2D eigenvalue weighted by atomic mass is 9.38. The van der Waals surface area contributed by atoms with Crippen LogP contribution in [0.3, 0.4) is 0 Å². The van der Waals surface area contributed by atoms with E-state index in [0.29, 0.717) is 29.3 Å². The van der Waals surface area contributed by atoms with Gasteiger partial charge in [0.25, 0.3) is 0 Å². The Hall–Kier alpha value is -8.53. The van der Waals surface area contributed by atoms with E-state index in [1.54, 1.807) is 11.1 Å². The van der Waals surface area contributed by atoms with Crippen LogP contribution in [-0.4, -0.2) is 15.0 Å². The number of nitrogens with zero attached hydrogens (tertiary/aromatic N) is 3. The fourth-order valence-electron chi connectivity index (χ4n) is 16.4. The zero-order valence-electron chi connectivity index (χ0n) is 41.5. The predicted molar refractivity (Wildman–Crippen MR) is 304 cm³/mol. The highest BCUT2D eigenvalue weighted by atomic mass is 15.0. The van der Waals surface area contributed by atoms with Gasteiger partial charge in [0.15, 0.2) is 17.5 Å². The molecule has 2 spiro atoms. The van der Waals surface area contributed by atoms with E-state index in [1.165, 1.54) is 115 Å². The second-order valence-electron chi connectivity index (χ2n) is 22.6. The van der Waals surface area contributed by atoms with Crippen LogP contribution in [0.5, 0.6) is 0 Å². The van der Waals surface area contributed by atoms with Crippen molar-refractivity contribution in [2.45, 2.75) is 42.9 Å². The van der Waals surface area contributed by atoms with E-state index >= 15 is 0 Å². The van der Waals surface area contributed by atoms with E-state index in [-0.39, 0.29) is 5.41 Å². The van der Waals surface area contributed by atoms with Gasteiger partial charge in [0.1, 0.15) is 0 Å². The molecule has 3 nitrogen and oxygen atoms in total. The third-order valence-corrected chi connectivity index (χ3v) is 19.1. The van der Waals surface area contributed by atoms with Gasteiger partial charge in [0.2, 0.25) is 0 Å². The van der Waals surface area contributed by atoms with Crippen molar-refractivity contribution in [3.8, 4) is 89.8 Å². The normalized spacial score (nSPS) is 21.2. The van der Waals surface area contributed by atoms with Gasteiger partial charge in [-0.15, -0.1) is 0 Å².